The quantitative estimate of drug-likeness (QED) is 0.599. The number of rotatable bonds is 6. The van der Waals surface area contributed by atoms with E-state index in [0.717, 1.165) is 13.8 Å². The molecule has 12 heteroatoms. The van der Waals surface area contributed by atoms with Crippen molar-refractivity contribution in [1.29, 1.82) is 5.26 Å². The number of carbonyl (C=O) groups excluding carboxylic acids is 1. The number of benzene rings is 1. The highest BCUT2D eigenvalue weighted by atomic mass is 19.1. The Bertz CT molecular complexity index is 1070. The average molecular weight is 464 g/mol. The molecule has 4 N–H and O–H groups in total. The second-order valence-electron chi connectivity index (χ2n) is 7.88. The summed E-state index contributed by atoms with van der Waals surface area (Å²) in [7, 11) is 0. The van der Waals surface area contributed by atoms with Crippen molar-refractivity contribution in [2.75, 3.05) is 11.9 Å². The Kier molecular flexibility index (Phi) is 6.53. The van der Waals surface area contributed by atoms with E-state index in [0.29, 0.717) is 10.6 Å². The average Bonchev–Trinajstić information content (AvgIpc) is 3.17. The van der Waals surface area contributed by atoms with E-state index >= 15 is 0 Å². The van der Waals surface area contributed by atoms with Gasteiger partial charge in [-0.2, -0.15) is 10.4 Å². The number of nitrogens with one attached hydrogen (secondary N) is 1. The van der Waals surface area contributed by atoms with E-state index in [-0.39, 0.29) is 24.3 Å². The summed E-state index contributed by atoms with van der Waals surface area (Å²) in [6, 6.07) is 6.12. The van der Waals surface area contributed by atoms with Crippen molar-refractivity contribution in [3.05, 3.63) is 41.8 Å². The molecule has 4 unspecified atom stereocenters. The smallest absolute Gasteiger partial charge is 0.408 e. The van der Waals surface area contributed by atoms with Crippen molar-refractivity contribution in [2.45, 2.75) is 44.2 Å². The van der Waals surface area contributed by atoms with Crippen LogP contribution in [0.15, 0.2) is 30.5 Å². The number of primary amides is 1. The first kappa shape index (κ1) is 23.9. The lowest BCUT2D eigenvalue weighted by Gasteiger charge is -2.52. The van der Waals surface area contributed by atoms with Crippen LogP contribution in [0.25, 0.3) is 0 Å². The van der Waals surface area contributed by atoms with Gasteiger partial charge in [-0.15, -0.1) is 0 Å². The van der Waals surface area contributed by atoms with Crippen LogP contribution in [0, 0.1) is 23.1 Å². The summed E-state index contributed by atoms with van der Waals surface area (Å²) >= 11 is 0. The molecule has 0 radical (unpaired) electrons. The SMILES string of the molecule is CC(F)C1(C(C)F)C(C#N)C(n2cc(C(N)=O)c(Nc3ccc(F)cc3)n2)CCN1C(=O)O. The fraction of sp³-hybridized carbons (Fsp3) is 0.429. The van der Waals surface area contributed by atoms with E-state index in [1.54, 1.807) is 0 Å². The number of piperidine rings is 1. The lowest BCUT2D eigenvalue weighted by Crippen LogP contribution is -2.69. The lowest BCUT2D eigenvalue weighted by molar-refractivity contribution is -0.0868. The molecule has 176 valence electrons. The Morgan fingerprint density at radius 3 is 2.39 bits per heavy atom. The number of hydrogen-bond donors (Lipinski definition) is 3. The zero-order valence-electron chi connectivity index (χ0n) is 17.9. The van der Waals surface area contributed by atoms with E-state index in [2.05, 4.69) is 10.4 Å². The highest BCUT2D eigenvalue weighted by Crippen LogP contribution is 2.46. The maximum absolute atomic E-state index is 14.9. The fourth-order valence-electron chi connectivity index (χ4n) is 4.58. The van der Waals surface area contributed by atoms with Crippen molar-refractivity contribution in [3.63, 3.8) is 0 Å². The summed E-state index contributed by atoms with van der Waals surface area (Å²) in [5.74, 6) is -2.80. The molecular weight excluding hydrogens is 441 g/mol. The molecule has 9 nitrogen and oxygen atoms in total. The Morgan fingerprint density at radius 2 is 1.91 bits per heavy atom. The minimum Gasteiger partial charge on any atom is -0.465 e. The third-order valence-corrected chi connectivity index (χ3v) is 6.09. The maximum atomic E-state index is 14.9. The minimum atomic E-state index is -2.28. The number of likely N-dealkylation sites (tertiary alicyclic amines) is 1. The monoisotopic (exact) mass is 464 g/mol. The van der Waals surface area contributed by atoms with E-state index in [4.69, 9.17) is 5.73 Å². The predicted octanol–water partition coefficient (Wildman–Crippen LogP) is 3.38. The van der Waals surface area contributed by atoms with Crippen LogP contribution < -0.4 is 11.1 Å². The molecule has 1 aliphatic rings. The number of carbonyl (C=O) groups is 2. The second kappa shape index (κ2) is 9.01. The van der Waals surface area contributed by atoms with Crippen molar-refractivity contribution in [1.82, 2.24) is 14.7 Å². The standard InChI is InChI=1S/C21H23F3N6O3/c1-11(22)21(12(2)23)16(9-25)17(7-8-29(21)20(32)33)30-10-15(18(26)31)19(28-30)27-14-5-3-13(24)4-6-14/h3-6,10-12,16-17H,7-8H2,1-2H3,(H2,26,31)(H,27,28)(H,32,33). The van der Waals surface area contributed by atoms with E-state index in [1.165, 1.54) is 35.1 Å². The highest BCUT2D eigenvalue weighted by molar-refractivity contribution is 5.98. The summed E-state index contributed by atoms with van der Waals surface area (Å²) in [5, 5.41) is 26.6. The largest absolute Gasteiger partial charge is 0.465 e. The van der Waals surface area contributed by atoms with Crippen LogP contribution in [0.1, 0.15) is 36.7 Å². The molecule has 1 aromatic carbocycles. The normalized spacial score (nSPS) is 24.5. The molecule has 0 saturated carbocycles. The molecule has 0 spiro atoms. The van der Waals surface area contributed by atoms with Crippen molar-refractivity contribution in [2.24, 2.45) is 11.7 Å². The zero-order chi connectivity index (χ0) is 24.5. The molecule has 2 aromatic rings. The van der Waals surface area contributed by atoms with Crippen molar-refractivity contribution >= 4 is 23.5 Å². The molecule has 0 aliphatic carbocycles. The first-order valence-electron chi connectivity index (χ1n) is 10.1. The summed E-state index contributed by atoms with van der Waals surface area (Å²) in [5.41, 5.74) is 3.49. The van der Waals surface area contributed by atoms with Crippen LogP contribution in [0.2, 0.25) is 0 Å². The van der Waals surface area contributed by atoms with Gasteiger partial charge in [-0.25, -0.2) is 18.0 Å². The number of hydrogen-bond acceptors (Lipinski definition) is 5. The molecule has 33 heavy (non-hydrogen) atoms. The lowest BCUT2D eigenvalue weighted by atomic mass is 9.69. The van der Waals surface area contributed by atoms with Gasteiger partial charge in [0.1, 0.15) is 29.3 Å². The van der Waals surface area contributed by atoms with Gasteiger partial charge >= 0.3 is 6.09 Å². The van der Waals surface area contributed by atoms with Crippen LogP contribution >= 0.6 is 0 Å². The number of nitrogens with two attached hydrogens (primary N) is 1. The number of nitriles is 1. The van der Waals surface area contributed by atoms with Gasteiger partial charge < -0.3 is 16.2 Å². The first-order chi connectivity index (χ1) is 15.5. The van der Waals surface area contributed by atoms with E-state index in [9.17, 15) is 33.1 Å². The van der Waals surface area contributed by atoms with Crippen LogP contribution in [0.5, 0.6) is 0 Å². The maximum Gasteiger partial charge on any atom is 0.408 e. The third-order valence-electron chi connectivity index (χ3n) is 6.09. The van der Waals surface area contributed by atoms with E-state index < -0.39 is 47.7 Å². The van der Waals surface area contributed by atoms with Crippen LogP contribution in [0.4, 0.5) is 29.5 Å². The zero-order valence-corrected chi connectivity index (χ0v) is 17.9. The number of nitrogens with zero attached hydrogens (tertiary/aromatic N) is 4. The molecule has 1 aromatic heterocycles. The number of amides is 2. The van der Waals surface area contributed by atoms with Gasteiger partial charge in [-0.1, -0.05) is 0 Å². The number of anilines is 2. The molecule has 1 fully saturated rings. The number of halogens is 3. The van der Waals surface area contributed by atoms with Gasteiger partial charge in [0.25, 0.3) is 5.91 Å². The number of aromatic nitrogens is 2. The Hall–Kier alpha value is -3.75. The Balaban J connectivity index is 2.08. The predicted molar refractivity (Wildman–Crippen MR) is 112 cm³/mol. The molecular formula is C21H23F3N6O3. The van der Waals surface area contributed by atoms with Gasteiger partial charge in [0.05, 0.1) is 18.0 Å². The van der Waals surface area contributed by atoms with E-state index in [1.807, 2.05) is 6.07 Å². The summed E-state index contributed by atoms with van der Waals surface area (Å²) in [6.45, 7) is 1.77. The van der Waals surface area contributed by atoms with Gasteiger partial charge in [0, 0.05) is 18.4 Å². The first-order valence-corrected chi connectivity index (χ1v) is 10.1. The van der Waals surface area contributed by atoms with Crippen LogP contribution in [0.3, 0.4) is 0 Å². The molecule has 3 rings (SSSR count). The van der Waals surface area contributed by atoms with Crippen LogP contribution in [-0.2, 0) is 0 Å². The highest BCUT2D eigenvalue weighted by Gasteiger charge is 2.61. The van der Waals surface area contributed by atoms with Gasteiger partial charge in [0.15, 0.2) is 5.82 Å². The van der Waals surface area contributed by atoms with Crippen molar-refractivity contribution in [3.8, 4) is 6.07 Å². The van der Waals surface area contributed by atoms with Gasteiger partial charge in [0.2, 0.25) is 0 Å². The van der Waals surface area contributed by atoms with Crippen LogP contribution in [-0.4, -0.2) is 56.2 Å². The van der Waals surface area contributed by atoms with Crippen molar-refractivity contribution < 1.29 is 27.9 Å². The second-order valence-corrected chi connectivity index (χ2v) is 7.88. The molecule has 0 bridgehead atoms. The summed E-state index contributed by atoms with van der Waals surface area (Å²) in [4.78, 5) is 24.5. The molecule has 2 heterocycles. The third kappa shape index (κ3) is 4.06. The molecule has 1 saturated heterocycles. The summed E-state index contributed by atoms with van der Waals surface area (Å²) in [6.07, 6.45) is -4.33. The summed E-state index contributed by atoms with van der Waals surface area (Å²) < 4.78 is 44.2. The van der Waals surface area contributed by atoms with Gasteiger partial charge in [-0.05, 0) is 44.5 Å². The number of alkyl halides is 2. The molecule has 2 amide bonds. The molecule has 1 aliphatic heterocycles. The topological polar surface area (TPSA) is 137 Å². The minimum absolute atomic E-state index is 0.00124. The number of carboxylic acid groups (broad SMARTS) is 1. The fourth-order valence-corrected chi connectivity index (χ4v) is 4.58. The Labute approximate surface area is 187 Å². The Morgan fingerprint density at radius 1 is 1.30 bits per heavy atom. The molecule has 4 atom stereocenters. The van der Waals surface area contributed by atoms with Gasteiger partial charge in [-0.3, -0.25) is 14.4 Å².